The monoisotopic (exact) mass is 388 g/mol. The summed E-state index contributed by atoms with van der Waals surface area (Å²) in [6, 6.07) is 0. The summed E-state index contributed by atoms with van der Waals surface area (Å²) in [6.45, 7) is 6.63. The van der Waals surface area contributed by atoms with Crippen LogP contribution in [0.4, 0.5) is 0 Å². The van der Waals surface area contributed by atoms with Gasteiger partial charge in [-0.3, -0.25) is 0 Å². The molecular weight excluding hydrogens is 352 g/mol. The normalized spacial score (nSPS) is 44.9. The van der Waals surface area contributed by atoms with Crippen molar-refractivity contribution in [1.29, 1.82) is 0 Å². The molecule has 4 nitrogen and oxygen atoms in total. The van der Waals surface area contributed by atoms with Crippen molar-refractivity contribution in [2.75, 3.05) is 7.11 Å². The topological polar surface area (TPSA) is 66.8 Å². The molecule has 28 heavy (non-hydrogen) atoms. The molecule has 0 spiro atoms. The lowest BCUT2D eigenvalue weighted by Crippen LogP contribution is -2.62. The van der Waals surface area contributed by atoms with E-state index >= 15 is 0 Å². The Hall–Kier alpha value is -1.13. The molecule has 0 bridgehead atoms. The number of aliphatic hydroxyl groups is 2. The second kappa shape index (κ2) is 6.43. The van der Waals surface area contributed by atoms with Crippen molar-refractivity contribution in [1.82, 2.24) is 0 Å². The predicted molar refractivity (Wildman–Crippen MR) is 108 cm³/mol. The van der Waals surface area contributed by atoms with Crippen LogP contribution in [-0.4, -0.2) is 29.1 Å². The number of fused-ring (bicyclic) bond motifs is 5. The Labute approximate surface area is 169 Å². The highest BCUT2D eigenvalue weighted by atomic mass is 16.6. The van der Waals surface area contributed by atoms with E-state index in [1.54, 1.807) is 5.57 Å². The van der Waals surface area contributed by atoms with Crippen LogP contribution in [0.25, 0.3) is 0 Å². The van der Waals surface area contributed by atoms with Gasteiger partial charge in [-0.25, -0.2) is 4.79 Å². The molecule has 0 aromatic heterocycles. The molecule has 4 heteroatoms. The molecule has 3 fully saturated rings. The third-order valence-corrected chi connectivity index (χ3v) is 9.72. The first-order chi connectivity index (χ1) is 13.2. The van der Waals surface area contributed by atoms with Gasteiger partial charge in [0.15, 0.2) is 0 Å². The Bertz CT molecular complexity index is 722. The number of esters is 1. The third-order valence-electron chi connectivity index (χ3n) is 9.72. The van der Waals surface area contributed by atoms with Gasteiger partial charge in [-0.05, 0) is 74.5 Å². The molecule has 4 aliphatic rings. The van der Waals surface area contributed by atoms with Crippen molar-refractivity contribution in [3.8, 4) is 0 Å². The van der Waals surface area contributed by atoms with Crippen LogP contribution in [0, 0.1) is 34.0 Å². The molecule has 0 aromatic carbocycles. The molecular formula is C24H36O4. The number of carbonyl (C=O) groups excluding carboxylic acids is 1. The number of allylic oxidation sites excluding steroid dienone is 4. The smallest absolute Gasteiger partial charge is 0.366 e. The Morgan fingerprint density at radius 3 is 2.61 bits per heavy atom. The molecule has 0 aromatic rings. The van der Waals surface area contributed by atoms with E-state index in [4.69, 9.17) is 4.74 Å². The largest absolute Gasteiger partial charge is 0.465 e. The zero-order valence-electron chi connectivity index (χ0n) is 17.8. The maximum atomic E-state index is 12.4. The van der Waals surface area contributed by atoms with Crippen LogP contribution in [0.2, 0.25) is 0 Å². The van der Waals surface area contributed by atoms with Gasteiger partial charge in [-0.1, -0.05) is 44.6 Å². The minimum absolute atomic E-state index is 0.151. The second-order valence-corrected chi connectivity index (χ2v) is 10.2. The minimum Gasteiger partial charge on any atom is -0.465 e. The van der Waals surface area contributed by atoms with Gasteiger partial charge >= 0.3 is 5.97 Å². The second-order valence-electron chi connectivity index (χ2n) is 10.2. The first-order valence-electron chi connectivity index (χ1n) is 11.1. The van der Waals surface area contributed by atoms with E-state index in [-0.39, 0.29) is 10.8 Å². The lowest BCUT2D eigenvalue weighted by Gasteiger charge is -2.60. The van der Waals surface area contributed by atoms with Crippen molar-refractivity contribution < 1.29 is 19.7 Å². The molecule has 156 valence electrons. The summed E-state index contributed by atoms with van der Waals surface area (Å²) in [6.07, 6.45) is 14.8. The van der Waals surface area contributed by atoms with Crippen molar-refractivity contribution in [2.24, 2.45) is 34.0 Å². The van der Waals surface area contributed by atoms with Gasteiger partial charge in [-0.15, -0.1) is 0 Å². The quantitative estimate of drug-likeness (QED) is 0.428. The van der Waals surface area contributed by atoms with E-state index in [0.29, 0.717) is 30.6 Å². The van der Waals surface area contributed by atoms with Crippen LogP contribution in [0.15, 0.2) is 23.8 Å². The highest BCUT2D eigenvalue weighted by Gasteiger charge is 2.71. The van der Waals surface area contributed by atoms with Crippen LogP contribution in [-0.2, 0) is 9.53 Å². The van der Waals surface area contributed by atoms with E-state index < -0.39 is 17.2 Å². The van der Waals surface area contributed by atoms with Crippen molar-refractivity contribution in [2.45, 2.75) is 77.9 Å². The molecule has 4 rings (SSSR count). The summed E-state index contributed by atoms with van der Waals surface area (Å²) in [7, 11) is 1.24. The molecule has 6 atom stereocenters. The van der Waals surface area contributed by atoms with Crippen LogP contribution in [0.1, 0.15) is 72.1 Å². The average molecular weight is 389 g/mol. The van der Waals surface area contributed by atoms with Gasteiger partial charge < -0.3 is 14.9 Å². The summed E-state index contributed by atoms with van der Waals surface area (Å²) in [5.41, 5.74) is 0.643. The fourth-order valence-corrected chi connectivity index (χ4v) is 8.21. The molecule has 2 N–H and O–H groups in total. The number of carbonyl (C=O) groups is 1. The first-order valence-corrected chi connectivity index (χ1v) is 11.1. The molecule has 0 unspecified atom stereocenters. The Morgan fingerprint density at radius 1 is 1.21 bits per heavy atom. The Balaban J connectivity index is 1.73. The van der Waals surface area contributed by atoms with Crippen molar-refractivity contribution >= 4 is 5.97 Å². The van der Waals surface area contributed by atoms with Gasteiger partial charge in [0.2, 0.25) is 0 Å². The molecule has 0 heterocycles. The Morgan fingerprint density at radius 2 is 1.93 bits per heavy atom. The van der Waals surface area contributed by atoms with E-state index in [1.807, 2.05) is 6.92 Å². The molecule has 0 radical (unpaired) electrons. The molecule has 0 aliphatic heterocycles. The standard InChI is InChI=1S/C24H36O4/c1-5-23(24(26,27)20(25)28-4)15-12-19-17-10-9-16-8-6-7-13-21(16,2)18(17)11-14-22(19,23)3/h7-8,13,17-19,26-27H,5-6,9-12,14-15H2,1-4H3/t17-,18+,19+,21+,22+,23-/m1/s1. The van der Waals surface area contributed by atoms with E-state index in [9.17, 15) is 15.0 Å². The number of methoxy groups -OCH3 is 1. The number of hydrogen-bond donors (Lipinski definition) is 2. The van der Waals surface area contributed by atoms with Crippen LogP contribution >= 0.6 is 0 Å². The van der Waals surface area contributed by atoms with E-state index in [0.717, 1.165) is 32.1 Å². The minimum atomic E-state index is -2.43. The summed E-state index contributed by atoms with van der Waals surface area (Å²) >= 11 is 0. The molecule has 0 amide bonds. The van der Waals surface area contributed by atoms with Gasteiger partial charge in [0.1, 0.15) is 0 Å². The maximum absolute atomic E-state index is 12.4. The molecule has 3 saturated carbocycles. The molecule has 4 aliphatic carbocycles. The van der Waals surface area contributed by atoms with E-state index in [2.05, 4.69) is 32.1 Å². The van der Waals surface area contributed by atoms with Gasteiger partial charge in [0.05, 0.1) is 7.11 Å². The van der Waals surface area contributed by atoms with Crippen LogP contribution in [0.3, 0.4) is 0 Å². The Kier molecular flexibility index (Phi) is 4.63. The number of ether oxygens (including phenoxy) is 1. The average Bonchev–Trinajstić information content (AvgIpc) is 3.00. The van der Waals surface area contributed by atoms with Gasteiger partial charge in [0, 0.05) is 10.8 Å². The lowest BCUT2D eigenvalue weighted by atomic mass is 9.44. The number of rotatable bonds is 3. The summed E-state index contributed by atoms with van der Waals surface area (Å²) in [5, 5.41) is 22.1. The fourth-order valence-electron chi connectivity index (χ4n) is 8.21. The number of hydrogen-bond acceptors (Lipinski definition) is 4. The van der Waals surface area contributed by atoms with E-state index in [1.165, 1.54) is 13.5 Å². The third kappa shape index (κ3) is 2.28. The summed E-state index contributed by atoms with van der Waals surface area (Å²) < 4.78 is 4.82. The SMILES string of the molecule is CC[C@@]1(C(O)(O)C(=O)OC)CC[C@H]2[C@@H]3CCC4=CCC=C[C@]4(C)[C@H]3CC[C@@]21C. The highest BCUT2D eigenvalue weighted by Crippen LogP contribution is 2.72. The van der Waals surface area contributed by atoms with Crippen molar-refractivity contribution in [3.05, 3.63) is 23.8 Å². The first kappa shape index (κ1) is 20.2. The molecule has 0 saturated heterocycles. The van der Waals surface area contributed by atoms with Crippen LogP contribution in [0.5, 0.6) is 0 Å². The zero-order valence-corrected chi connectivity index (χ0v) is 17.8. The predicted octanol–water partition coefficient (Wildman–Crippen LogP) is 4.37. The summed E-state index contributed by atoms with van der Waals surface area (Å²) in [5.74, 6) is -1.73. The van der Waals surface area contributed by atoms with Crippen molar-refractivity contribution in [3.63, 3.8) is 0 Å². The summed E-state index contributed by atoms with van der Waals surface area (Å²) in [4.78, 5) is 12.4. The van der Waals surface area contributed by atoms with Crippen LogP contribution < -0.4 is 0 Å². The zero-order chi connectivity index (χ0) is 20.4. The van der Waals surface area contributed by atoms with Gasteiger partial charge in [0.25, 0.3) is 5.79 Å². The van der Waals surface area contributed by atoms with Gasteiger partial charge in [-0.2, -0.15) is 0 Å². The highest BCUT2D eigenvalue weighted by molar-refractivity contribution is 5.78. The maximum Gasteiger partial charge on any atom is 0.366 e. The lowest BCUT2D eigenvalue weighted by molar-refractivity contribution is -0.281. The fraction of sp³-hybridized carbons (Fsp3) is 0.792.